The van der Waals surface area contributed by atoms with Crippen LogP contribution < -0.4 is 0 Å². The van der Waals surface area contributed by atoms with Gasteiger partial charge < -0.3 is 9.80 Å². The van der Waals surface area contributed by atoms with E-state index in [2.05, 4.69) is 31.1 Å². The van der Waals surface area contributed by atoms with Gasteiger partial charge >= 0.3 is 0 Å². The number of halogens is 1. The Morgan fingerprint density at radius 2 is 2.00 bits per heavy atom. The van der Waals surface area contributed by atoms with Gasteiger partial charge in [-0.3, -0.25) is 14.5 Å². The summed E-state index contributed by atoms with van der Waals surface area (Å²) in [6, 6.07) is 5.83. The van der Waals surface area contributed by atoms with Crippen molar-refractivity contribution >= 4 is 23.2 Å². The van der Waals surface area contributed by atoms with Crippen LogP contribution in [0.25, 0.3) is 0 Å². The van der Waals surface area contributed by atoms with Gasteiger partial charge in [-0.2, -0.15) is 0 Å². The summed E-state index contributed by atoms with van der Waals surface area (Å²) in [6.07, 6.45) is 1.05. The highest BCUT2D eigenvalue weighted by Gasteiger charge is 2.44. The topological polar surface area (TPSA) is 56.8 Å². The smallest absolute Gasteiger partial charge is 0.228 e. The SMILES string of the molecule is CN1C(=O)CC(C(=O)N2CCCN(Cc3csc(C(C)(C)C)n3)CC2)C1c1cccc(F)c1. The number of rotatable bonds is 4. The lowest BCUT2D eigenvalue weighted by atomic mass is 9.92. The molecular formula is C25H33FN4O2S. The zero-order chi connectivity index (χ0) is 23.8. The van der Waals surface area contributed by atoms with Gasteiger partial charge in [0, 0.05) is 57.0 Å². The molecule has 2 aromatic rings. The van der Waals surface area contributed by atoms with Crippen LogP contribution in [-0.2, 0) is 21.5 Å². The van der Waals surface area contributed by atoms with Gasteiger partial charge in [0.15, 0.2) is 0 Å². The first-order valence-corrected chi connectivity index (χ1v) is 12.5. The number of carbonyl (C=O) groups is 2. The second-order valence-electron chi connectivity index (χ2n) is 10.2. The van der Waals surface area contributed by atoms with Crippen LogP contribution in [0.3, 0.4) is 0 Å². The molecule has 2 aliphatic rings. The van der Waals surface area contributed by atoms with Crippen molar-refractivity contribution in [1.82, 2.24) is 19.7 Å². The van der Waals surface area contributed by atoms with E-state index in [9.17, 15) is 14.0 Å². The van der Waals surface area contributed by atoms with Crippen molar-refractivity contribution in [2.75, 3.05) is 33.2 Å². The highest BCUT2D eigenvalue weighted by atomic mass is 32.1. The lowest BCUT2D eigenvalue weighted by Crippen LogP contribution is -2.40. The molecule has 2 amide bonds. The Bertz CT molecular complexity index is 1020. The Labute approximate surface area is 199 Å². The van der Waals surface area contributed by atoms with Crippen LogP contribution in [0.15, 0.2) is 29.6 Å². The van der Waals surface area contributed by atoms with E-state index >= 15 is 0 Å². The second-order valence-corrected chi connectivity index (χ2v) is 11.0. The number of likely N-dealkylation sites (tertiary alicyclic amines) is 1. The van der Waals surface area contributed by atoms with Crippen molar-refractivity contribution < 1.29 is 14.0 Å². The van der Waals surface area contributed by atoms with Crippen molar-refractivity contribution in [3.8, 4) is 0 Å². The minimum atomic E-state index is -0.483. The van der Waals surface area contributed by atoms with Crippen LogP contribution in [0.1, 0.15) is 55.9 Å². The summed E-state index contributed by atoms with van der Waals surface area (Å²) < 4.78 is 13.9. The molecule has 2 unspecified atom stereocenters. The maximum atomic E-state index is 13.9. The molecule has 1 aromatic carbocycles. The Balaban J connectivity index is 1.42. The molecule has 0 N–H and O–H groups in total. The molecule has 0 radical (unpaired) electrons. The number of hydrogen-bond donors (Lipinski definition) is 0. The predicted molar refractivity (Wildman–Crippen MR) is 127 cm³/mol. The van der Waals surface area contributed by atoms with Gasteiger partial charge in [0.05, 0.1) is 22.7 Å². The molecule has 0 bridgehead atoms. The van der Waals surface area contributed by atoms with Crippen LogP contribution in [0, 0.1) is 11.7 Å². The van der Waals surface area contributed by atoms with Gasteiger partial charge in [0.25, 0.3) is 0 Å². The lowest BCUT2D eigenvalue weighted by Gasteiger charge is -2.29. The number of nitrogens with zero attached hydrogens (tertiary/aromatic N) is 4. The van der Waals surface area contributed by atoms with Gasteiger partial charge in [-0.1, -0.05) is 32.9 Å². The van der Waals surface area contributed by atoms with Crippen LogP contribution >= 0.6 is 11.3 Å². The number of carbonyl (C=O) groups excluding carboxylic acids is 2. The third-order valence-electron chi connectivity index (χ3n) is 6.57. The predicted octanol–water partition coefficient (Wildman–Crippen LogP) is 3.83. The van der Waals surface area contributed by atoms with Gasteiger partial charge in [-0.15, -0.1) is 11.3 Å². The average Bonchev–Trinajstić information content (AvgIpc) is 3.26. The number of benzene rings is 1. The van der Waals surface area contributed by atoms with Crippen LogP contribution in [0.4, 0.5) is 4.39 Å². The molecular weight excluding hydrogens is 439 g/mol. The van der Waals surface area contributed by atoms with Crippen molar-refractivity contribution in [1.29, 1.82) is 0 Å². The molecule has 2 saturated heterocycles. The summed E-state index contributed by atoms with van der Waals surface area (Å²) in [4.78, 5) is 36.7. The zero-order valence-corrected chi connectivity index (χ0v) is 20.7. The van der Waals surface area contributed by atoms with E-state index in [4.69, 9.17) is 4.98 Å². The fraction of sp³-hybridized carbons (Fsp3) is 0.560. The van der Waals surface area contributed by atoms with Crippen molar-refractivity contribution in [2.45, 2.75) is 51.6 Å². The van der Waals surface area contributed by atoms with Gasteiger partial charge in [-0.25, -0.2) is 9.37 Å². The molecule has 2 fully saturated rings. The van der Waals surface area contributed by atoms with Crippen LogP contribution in [0.2, 0.25) is 0 Å². The van der Waals surface area contributed by atoms with Crippen LogP contribution in [-0.4, -0.2) is 64.7 Å². The monoisotopic (exact) mass is 472 g/mol. The molecule has 4 rings (SSSR count). The maximum absolute atomic E-state index is 13.9. The van der Waals surface area contributed by atoms with Crippen molar-refractivity contribution in [3.63, 3.8) is 0 Å². The normalized spacial score (nSPS) is 22.6. The van der Waals surface area contributed by atoms with E-state index in [-0.39, 0.29) is 29.5 Å². The van der Waals surface area contributed by atoms with Crippen LogP contribution in [0.5, 0.6) is 0 Å². The van der Waals surface area contributed by atoms with E-state index < -0.39 is 12.0 Å². The third kappa shape index (κ3) is 5.27. The van der Waals surface area contributed by atoms with E-state index in [0.717, 1.165) is 36.8 Å². The minimum absolute atomic E-state index is 0.00696. The van der Waals surface area contributed by atoms with E-state index in [0.29, 0.717) is 18.7 Å². The standard InChI is InChI=1S/C25H33FN4O2S/c1-25(2,3)24-27-19(16-33-24)15-29-9-6-10-30(12-11-29)23(32)20-14-21(31)28(4)22(20)17-7-5-8-18(26)13-17/h5,7-8,13,16,20,22H,6,9-12,14-15H2,1-4H3. The number of hydrogen-bond acceptors (Lipinski definition) is 5. The molecule has 0 spiro atoms. The van der Waals surface area contributed by atoms with E-state index in [1.54, 1.807) is 35.4 Å². The Kier molecular flexibility index (Phi) is 6.86. The molecule has 2 aliphatic heterocycles. The largest absolute Gasteiger partial charge is 0.341 e. The third-order valence-corrected chi connectivity index (χ3v) is 7.89. The summed E-state index contributed by atoms with van der Waals surface area (Å²) in [5.41, 5.74) is 1.81. The summed E-state index contributed by atoms with van der Waals surface area (Å²) >= 11 is 1.71. The lowest BCUT2D eigenvalue weighted by molar-refractivity contribution is -0.136. The highest BCUT2D eigenvalue weighted by molar-refractivity contribution is 7.09. The first kappa shape index (κ1) is 23.8. The number of amides is 2. The molecule has 0 saturated carbocycles. The molecule has 0 aliphatic carbocycles. The molecule has 178 valence electrons. The molecule has 8 heteroatoms. The molecule has 6 nitrogen and oxygen atoms in total. The average molecular weight is 473 g/mol. The highest BCUT2D eigenvalue weighted by Crippen LogP contribution is 2.38. The van der Waals surface area contributed by atoms with E-state index in [1.807, 2.05) is 4.90 Å². The van der Waals surface area contributed by atoms with Crippen molar-refractivity contribution in [3.05, 3.63) is 51.7 Å². The molecule has 3 heterocycles. The zero-order valence-electron chi connectivity index (χ0n) is 19.9. The summed E-state index contributed by atoms with van der Waals surface area (Å²) in [7, 11) is 1.70. The molecule has 2 atom stereocenters. The summed E-state index contributed by atoms with van der Waals surface area (Å²) in [5.74, 6) is -0.915. The Morgan fingerprint density at radius 1 is 1.21 bits per heavy atom. The fourth-order valence-corrected chi connectivity index (χ4v) is 5.67. The Morgan fingerprint density at radius 3 is 2.70 bits per heavy atom. The number of thiazole rings is 1. The van der Waals surface area contributed by atoms with Gasteiger partial charge in [0.1, 0.15) is 5.82 Å². The Hall–Kier alpha value is -2.32. The summed E-state index contributed by atoms with van der Waals surface area (Å²) in [6.45, 7) is 10.3. The maximum Gasteiger partial charge on any atom is 0.228 e. The summed E-state index contributed by atoms with van der Waals surface area (Å²) in [5, 5.41) is 3.28. The second kappa shape index (κ2) is 9.50. The van der Waals surface area contributed by atoms with Crippen molar-refractivity contribution in [2.24, 2.45) is 5.92 Å². The number of aromatic nitrogens is 1. The fourth-order valence-electron chi connectivity index (χ4n) is 4.77. The minimum Gasteiger partial charge on any atom is -0.341 e. The van der Waals surface area contributed by atoms with Gasteiger partial charge in [0.2, 0.25) is 11.8 Å². The molecule has 33 heavy (non-hydrogen) atoms. The van der Waals surface area contributed by atoms with Gasteiger partial charge in [-0.05, 0) is 24.1 Å². The first-order valence-electron chi connectivity index (χ1n) is 11.6. The molecule has 1 aromatic heterocycles. The first-order chi connectivity index (χ1) is 15.6. The van der Waals surface area contributed by atoms with E-state index in [1.165, 1.54) is 12.1 Å². The quantitative estimate of drug-likeness (QED) is 0.679.